The number of aromatic carboxylic acids is 1. The smallest absolute Gasteiger partial charge is 0.364 e. The van der Waals surface area contributed by atoms with Gasteiger partial charge < -0.3 is 5.11 Å². The van der Waals surface area contributed by atoms with Gasteiger partial charge in [-0.1, -0.05) is 18.2 Å². The molecule has 0 unspecified atom stereocenters. The second kappa shape index (κ2) is 5.78. The molecule has 0 saturated carbocycles. The van der Waals surface area contributed by atoms with Crippen LogP contribution in [0.4, 0.5) is 11.4 Å². The SMILES string of the molecule is Cc1cccc(N(c2cccc(C(=O)O)c2)S(=O)(=O)O)c1C. The quantitative estimate of drug-likeness (QED) is 0.844. The molecule has 0 saturated heterocycles. The molecule has 6 nitrogen and oxygen atoms in total. The molecule has 0 atom stereocenters. The minimum atomic E-state index is -4.61. The molecule has 0 amide bonds. The van der Waals surface area contributed by atoms with Gasteiger partial charge in [-0.2, -0.15) is 8.42 Å². The fourth-order valence-corrected chi connectivity index (χ4v) is 2.94. The van der Waals surface area contributed by atoms with Crippen LogP contribution < -0.4 is 4.31 Å². The van der Waals surface area contributed by atoms with Gasteiger partial charge in [0, 0.05) is 0 Å². The van der Waals surface area contributed by atoms with E-state index < -0.39 is 16.3 Å². The first kappa shape index (κ1) is 16.0. The van der Waals surface area contributed by atoms with Crippen LogP contribution in [0.3, 0.4) is 0 Å². The zero-order valence-electron chi connectivity index (χ0n) is 12.0. The maximum Gasteiger partial charge on any atom is 0.364 e. The summed E-state index contributed by atoms with van der Waals surface area (Å²) in [6, 6.07) is 10.4. The monoisotopic (exact) mass is 321 g/mol. The minimum absolute atomic E-state index is 0.0519. The van der Waals surface area contributed by atoms with E-state index in [1.807, 2.05) is 13.0 Å². The first-order valence-corrected chi connectivity index (χ1v) is 7.79. The summed E-state index contributed by atoms with van der Waals surface area (Å²) in [6.45, 7) is 3.54. The predicted octanol–water partition coefficient (Wildman–Crippen LogP) is 2.94. The lowest BCUT2D eigenvalue weighted by Crippen LogP contribution is -2.26. The van der Waals surface area contributed by atoms with Crippen molar-refractivity contribution in [3.8, 4) is 0 Å². The van der Waals surface area contributed by atoms with E-state index in [9.17, 15) is 17.8 Å². The van der Waals surface area contributed by atoms with Crippen molar-refractivity contribution >= 4 is 27.6 Å². The summed E-state index contributed by atoms with van der Waals surface area (Å²) in [7, 11) is -4.61. The van der Waals surface area contributed by atoms with E-state index in [0.717, 1.165) is 9.87 Å². The summed E-state index contributed by atoms with van der Waals surface area (Å²) in [5.74, 6) is -1.18. The molecule has 0 aliphatic heterocycles. The third kappa shape index (κ3) is 3.10. The lowest BCUT2D eigenvalue weighted by molar-refractivity contribution is 0.0697. The highest BCUT2D eigenvalue weighted by Gasteiger charge is 2.24. The zero-order valence-corrected chi connectivity index (χ0v) is 12.8. The maximum absolute atomic E-state index is 11.8. The maximum atomic E-state index is 11.8. The van der Waals surface area contributed by atoms with Crippen LogP contribution in [0.5, 0.6) is 0 Å². The molecular formula is C15H15NO5S. The largest absolute Gasteiger partial charge is 0.478 e. The van der Waals surface area contributed by atoms with Gasteiger partial charge in [0.2, 0.25) is 0 Å². The Morgan fingerprint density at radius 2 is 1.73 bits per heavy atom. The standard InChI is InChI=1S/C15H15NO5S/c1-10-5-3-8-14(11(10)2)16(22(19,20)21)13-7-4-6-12(9-13)15(17)18/h3-9H,1-2H3,(H,17,18)(H,19,20,21). The van der Waals surface area contributed by atoms with Gasteiger partial charge in [-0.3, -0.25) is 4.55 Å². The third-order valence-corrected chi connectivity index (χ3v) is 4.22. The zero-order chi connectivity index (χ0) is 16.5. The number of nitrogens with zero attached hydrogens (tertiary/aromatic N) is 1. The number of carboxylic acids is 1. The Balaban J connectivity index is 2.70. The first-order chi connectivity index (χ1) is 10.2. The van der Waals surface area contributed by atoms with Crippen molar-refractivity contribution in [2.24, 2.45) is 0 Å². The van der Waals surface area contributed by atoms with Crippen molar-refractivity contribution in [2.75, 3.05) is 4.31 Å². The van der Waals surface area contributed by atoms with Crippen LogP contribution in [0.1, 0.15) is 21.5 Å². The number of benzene rings is 2. The second-order valence-electron chi connectivity index (χ2n) is 4.82. The number of carboxylic acid groups (broad SMARTS) is 1. The predicted molar refractivity (Wildman–Crippen MR) is 83.0 cm³/mol. The Hall–Kier alpha value is -2.38. The number of carbonyl (C=O) groups is 1. The Labute approximate surface area is 128 Å². The molecule has 0 heterocycles. The van der Waals surface area contributed by atoms with Crippen molar-refractivity contribution in [1.29, 1.82) is 0 Å². The summed E-state index contributed by atoms with van der Waals surface area (Å²) in [4.78, 5) is 11.1. The van der Waals surface area contributed by atoms with Crippen LogP contribution in [-0.4, -0.2) is 24.0 Å². The van der Waals surface area contributed by atoms with E-state index >= 15 is 0 Å². The van der Waals surface area contributed by atoms with E-state index in [0.29, 0.717) is 5.56 Å². The van der Waals surface area contributed by atoms with Crippen LogP contribution in [-0.2, 0) is 10.3 Å². The Bertz CT molecular complexity index is 830. The molecule has 0 aliphatic rings. The molecule has 0 radical (unpaired) electrons. The minimum Gasteiger partial charge on any atom is -0.478 e. The molecule has 2 N–H and O–H groups in total. The van der Waals surface area contributed by atoms with Crippen molar-refractivity contribution < 1.29 is 22.9 Å². The third-order valence-electron chi connectivity index (χ3n) is 3.35. The van der Waals surface area contributed by atoms with E-state index in [4.69, 9.17) is 5.11 Å². The molecule has 22 heavy (non-hydrogen) atoms. The van der Waals surface area contributed by atoms with Gasteiger partial charge >= 0.3 is 16.3 Å². The Morgan fingerprint density at radius 1 is 1.09 bits per heavy atom. The number of aryl methyl sites for hydroxylation is 1. The highest BCUT2D eigenvalue weighted by atomic mass is 32.2. The van der Waals surface area contributed by atoms with Crippen molar-refractivity contribution in [3.05, 3.63) is 59.2 Å². The van der Waals surface area contributed by atoms with E-state index in [-0.39, 0.29) is 16.9 Å². The summed E-state index contributed by atoms with van der Waals surface area (Å²) in [6.07, 6.45) is 0. The highest BCUT2D eigenvalue weighted by Crippen LogP contribution is 2.32. The Kier molecular flexibility index (Phi) is 4.20. The Morgan fingerprint density at radius 3 is 2.32 bits per heavy atom. The fourth-order valence-electron chi connectivity index (χ4n) is 2.12. The summed E-state index contributed by atoms with van der Waals surface area (Å²) < 4.78 is 33.9. The molecule has 2 aromatic carbocycles. The molecule has 0 fully saturated rings. The molecule has 7 heteroatoms. The van der Waals surface area contributed by atoms with E-state index in [2.05, 4.69) is 0 Å². The molecular weight excluding hydrogens is 306 g/mol. The molecule has 0 bridgehead atoms. The number of rotatable bonds is 4. The average molecular weight is 321 g/mol. The van der Waals surface area contributed by atoms with Gasteiger partial charge in [0.25, 0.3) is 0 Å². The van der Waals surface area contributed by atoms with Crippen LogP contribution in [0.2, 0.25) is 0 Å². The lowest BCUT2D eigenvalue weighted by atomic mass is 10.1. The van der Waals surface area contributed by atoms with Crippen molar-refractivity contribution in [1.82, 2.24) is 0 Å². The number of anilines is 2. The summed E-state index contributed by atoms with van der Waals surface area (Å²) >= 11 is 0. The molecule has 2 rings (SSSR count). The summed E-state index contributed by atoms with van der Waals surface area (Å²) in [5.41, 5.74) is 1.76. The van der Waals surface area contributed by atoms with Crippen molar-refractivity contribution in [2.45, 2.75) is 13.8 Å². The molecule has 116 valence electrons. The lowest BCUT2D eigenvalue weighted by Gasteiger charge is -2.23. The number of hydrogen-bond donors (Lipinski definition) is 2. The van der Waals surface area contributed by atoms with Gasteiger partial charge in [0.1, 0.15) is 0 Å². The average Bonchev–Trinajstić information content (AvgIpc) is 2.43. The first-order valence-electron chi connectivity index (χ1n) is 6.39. The molecule has 0 aliphatic carbocycles. The van der Waals surface area contributed by atoms with Crippen LogP contribution in [0.25, 0.3) is 0 Å². The van der Waals surface area contributed by atoms with E-state index in [1.54, 1.807) is 19.1 Å². The van der Waals surface area contributed by atoms with Gasteiger partial charge in [0.15, 0.2) is 0 Å². The van der Waals surface area contributed by atoms with Crippen LogP contribution >= 0.6 is 0 Å². The fraction of sp³-hybridized carbons (Fsp3) is 0.133. The second-order valence-corrected chi connectivity index (χ2v) is 6.08. The van der Waals surface area contributed by atoms with Crippen molar-refractivity contribution in [3.63, 3.8) is 0 Å². The summed E-state index contributed by atoms with van der Waals surface area (Å²) in [5, 5.41) is 9.03. The highest BCUT2D eigenvalue weighted by molar-refractivity contribution is 7.87. The van der Waals surface area contributed by atoms with Gasteiger partial charge in [-0.05, 0) is 49.2 Å². The molecule has 2 aromatic rings. The molecule has 0 aromatic heterocycles. The van der Waals surface area contributed by atoms with Gasteiger partial charge in [-0.15, -0.1) is 0 Å². The normalized spacial score (nSPS) is 11.2. The van der Waals surface area contributed by atoms with Gasteiger partial charge in [0.05, 0.1) is 16.9 Å². The number of hydrogen-bond acceptors (Lipinski definition) is 3. The van der Waals surface area contributed by atoms with E-state index in [1.165, 1.54) is 24.3 Å². The molecule has 0 spiro atoms. The van der Waals surface area contributed by atoms with Crippen LogP contribution in [0, 0.1) is 13.8 Å². The topological polar surface area (TPSA) is 94.9 Å². The van der Waals surface area contributed by atoms with Crippen LogP contribution in [0.15, 0.2) is 42.5 Å². The van der Waals surface area contributed by atoms with Gasteiger partial charge in [-0.25, -0.2) is 9.10 Å².